The van der Waals surface area contributed by atoms with Crippen molar-refractivity contribution in [2.24, 2.45) is 23.7 Å². The van der Waals surface area contributed by atoms with Crippen molar-refractivity contribution >= 4 is 5.78 Å². The second-order valence-corrected chi connectivity index (χ2v) is 5.38. The molecule has 72 valence electrons. The van der Waals surface area contributed by atoms with E-state index >= 15 is 0 Å². The van der Waals surface area contributed by atoms with Gasteiger partial charge in [0.05, 0.1) is 5.60 Å². The van der Waals surface area contributed by atoms with Gasteiger partial charge in [-0.3, -0.25) is 4.79 Å². The maximum absolute atomic E-state index is 11.8. The monoisotopic (exact) mass is 180 g/mol. The highest BCUT2D eigenvalue weighted by molar-refractivity contribution is 5.86. The Morgan fingerprint density at radius 2 is 2.08 bits per heavy atom. The lowest BCUT2D eigenvalue weighted by Crippen LogP contribution is -2.60. The van der Waals surface area contributed by atoms with E-state index in [1.54, 1.807) is 0 Å². The Hall–Kier alpha value is -0.370. The lowest BCUT2D eigenvalue weighted by Gasteiger charge is -2.56. The molecule has 0 aliphatic heterocycles. The van der Waals surface area contributed by atoms with Gasteiger partial charge in [-0.1, -0.05) is 0 Å². The van der Waals surface area contributed by atoms with Gasteiger partial charge in [0.1, 0.15) is 5.78 Å². The fraction of sp³-hybridized carbons (Fsp3) is 0.909. The molecule has 0 radical (unpaired) electrons. The Balaban J connectivity index is 2.03. The zero-order valence-corrected chi connectivity index (χ0v) is 7.99. The van der Waals surface area contributed by atoms with Crippen LogP contribution in [0.4, 0.5) is 0 Å². The molecule has 0 aromatic carbocycles. The molecule has 4 bridgehead atoms. The molecule has 0 aromatic rings. The third-order valence-electron chi connectivity index (χ3n) is 4.65. The van der Waals surface area contributed by atoms with Crippen LogP contribution in [0.2, 0.25) is 0 Å². The van der Waals surface area contributed by atoms with Crippen LogP contribution in [0.25, 0.3) is 0 Å². The average molecular weight is 180 g/mol. The Labute approximate surface area is 78.3 Å². The van der Waals surface area contributed by atoms with Crippen LogP contribution in [0, 0.1) is 23.7 Å². The number of Topliss-reactive ketones (excluding diaryl/α,β-unsaturated/α-hetero) is 1. The lowest BCUT2D eigenvalue weighted by atomic mass is 9.50. The fourth-order valence-electron chi connectivity index (χ4n) is 3.88. The summed E-state index contributed by atoms with van der Waals surface area (Å²) >= 11 is 0. The van der Waals surface area contributed by atoms with Gasteiger partial charge in [0, 0.05) is 11.8 Å². The minimum Gasteiger partial charge on any atom is -0.389 e. The van der Waals surface area contributed by atoms with Gasteiger partial charge in [0.15, 0.2) is 0 Å². The Morgan fingerprint density at radius 1 is 1.31 bits per heavy atom. The van der Waals surface area contributed by atoms with Crippen LogP contribution >= 0.6 is 0 Å². The zero-order valence-electron chi connectivity index (χ0n) is 7.99. The third kappa shape index (κ3) is 0.850. The molecular weight excluding hydrogens is 164 g/mol. The highest BCUT2D eigenvalue weighted by atomic mass is 16.3. The Kier molecular flexibility index (Phi) is 1.33. The summed E-state index contributed by atoms with van der Waals surface area (Å²) in [6, 6.07) is 0. The van der Waals surface area contributed by atoms with Gasteiger partial charge >= 0.3 is 0 Å². The van der Waals surface area contributed by atoms with Crippen LogP contribution in [0.15, 0.2) is 0 Å². The highest BCUT2D eigenvalue weighted by Gasteiger charge is 2.58. The molecule has 2 heteroatoms. The van der Waals surface area contributed by atoms with E-state index in [1.807, 2.05) is 6.92 Å². The van der Waals surface area contributed by atoms with E-state index in [-0.39, 0.29) is 5.92 Å². The standard InChI is InChI=1S/C11H16O2/c1-11(13)8-3-6-2-7(5-8)10(12)9(11)4-6/h6-9,13H,2-5H2,1H3. The molecule has 5 unspecified atom stereocenters. The first-order valence-electron chi connectivity index (χ1n) is 5.35. The molecule has 2 nitrogen and oxygen atoms in total. The number of aliphatic hydroxyl groups is 1. The summed E-state index contributed by atoms with van der Waals surface area (Å²) < 4.78 is 0. The predicted octanol–water partition coefficient (Wildman–Crippen LogP) is 1.37. The summed E-state index contributed by atoms with van der Waals surface area (Å²) in [6.07, 6.45) is 4.19. The molecule has 0 spiro atoms. The van der Waals surface area contributed by atoms with Crippen molar-refractivity contribution in [1.29, 1.82) is 0 Å². The number of carbonyl (C=O) groups excluding carboxylic acids is 1. The first kappa shape index (κ1) is 7.98. The maximum Gasteiger partial charge on any atom is 0.141 e. The summed E-state index contributed by atoms with van der Waals surface area (Å²) in [7, 11) is 0. The first-order valence-corrected chi connectivity index (χ1v) is 5.35. The number of hydrogen-bond acceptors (Lipinski definition) is 2. The van der Waals surface area contributed by atoms with E-state index in [2.05, 4.69) is 0 Å². The Bertz CT molecular complexity index is 269. The molecule has 5 atom stereocenters. The van der Waals surface area contributed by atoms with Crippen molar-refractivity contribution in [3.05, 3.63) is 0 Å². The zero-order chi connectivity index (χ0) is 9.22. The van der Waals surface area contributed by atoms with Crippen LogP contribution in [0.5, 0.6) is 0 Å². The molecule has 13 heavy (non-hydrogen) atoms. The summed E-state index contributed by atoms with van der Waals surface area (Å²) in [5.41, 5.74) is -0.676. The van der Waals surface area contributed by atoms with Gasteiger partial charge in [0.25, 0.3) is 0 Å². The average Bonchev–Trinajstić information content (AvgIpc) is 2.08. The SMILES string of the molecule is CC1(O)C2CC3CC(C2)C(=O)C1C3. The fourth-order valence-corrected chi connectivity index (χ4v) is 3.88. The van der Waals surface area contributed by atoms with Crippen molar-refractivity contribution in [2.75, 3.05) is 0 Å². The molecule has 0 saturated heterocycles. The van der Waals surface area contributed by atoms with Gasteiger partial charge < -0.3 is 5.11 Å². The molecule has 4 aliphatic rings. The van der Waals surface area contributed by atoms with Gasteiger partial charge in [0.2, 0.25) is 0 Å². The van der Waals surface area contributed by atoms with Crippen molar-refractivity contribution in [2.45, 2.75) is 38.2 Å². The topological polar surface area (TPSA) is 37.3 Å². The number of ketones is 1. The molecule has 0 amide bonds. The molecule has 4 saturated carbocycles. The summed E-state index contributed by atoms with van der Waals surface area (Å²) in [5.74, 6) is 1.79. The minimum absolute atomic E-state index is 0.0243. The van der Waals surface area contributed by atoms with Crippen LogP contribution < -0.4 is 0 Å². The third-order valence-corrected chi connectivity index (χ3v) is 4.65. The van der Waals surface area contributed by atoms with E-state index in [9.17, 15) is 9.90 Å². The minimum atomic E-state index is -0.676. The summed E-state index contributed by atoms with van der Waals surface area (Å²) in [6.45, 7) is 1.87. The second kappa shape index (κ2) is 2.17. The normalized spacial score (nSPS) is 58.8. The van der Waals surface area contributed by atoms with E-state index in [0.717, 1.165) is 31.6 Å². The second-order valence-electron chi connectivity index (χ2n) is 5.38. The van der Waals surface area contributed by atoms with E-state index in [0.29, 0.717) is 17.6 Å². The van der Waals surface area contributed by atoms with Crippen LogP contribution in [-0.4, -0.2) is 16.5 Å². The van der Waals surface area contributed by atoms with Crippen LogP contribution in [-0.2, 0) is 4.79 Å². The van der Waals surface area contributed by atoms with E-state index < -0.39 is 5.60 Å². The van der Waals surface area contributed by atoms with Crippen LogP contribution in [0.3, 0.4) is 0 Å². The van der Waals surface area contributed by atoms with Gasteiger partial charge in [-0.2, -0.15) is 0 Å². The summed E-state index contributed by atoms with van der Waals surface area (Å²) in [5, 5.41) is 10.2. The molecule has 4 aliphatic carbocycles. The summed E-state index contributed by atoms with van der Waals surface area (Å²) in [4.78, 5) is 11.8. The van der Waals surface area contributed by atoms with Crippen LogP contribution in [0.1, 0.15) is 32.6 Å². The van der Waals surface area contributed by atoms with Crippen molar-refractivity contribution in [3.8, 4) is 0 Å². The van der Waals surface area contributed by atoms with Crippen molar-refractivity contribution in [3.63, 3.8) is 0 Å². The Morgan fingerprint density at radius 3 is 2.85 bits per heavy atom. The largest absolute Gasteiger partial charge is 0.389 e. The molecular formula is C11H16O2. The molecule has 4 fully saturated rings. The smallest absolute Gasteiger partial charge is 0.141 e. The molecule has 1 N–H and O–H groups in total. The highest BCUT2D eigenvalue weighted by Crippen LogP contribution is 2.56. The lowest BCUT2D eigenvalue weighted by molar-refractivity contribution is -0.177. The van der Waals surface area contributed by atoms with Crippen molar-refractivity contribution in [1.82, 2.24) is 0 Å². The molecule has 0 aromatic heterocycles. The van der Waals surface area contributed by atoms with E-state index in [4.69, 9.17) is 0 Å². The number of hydrogen-bond donors (Lipinski definition) is 1. The quantitative estimate of drug-likeness (QED) is 0.611. The molecule has 0 heterocycles. The van der Waals surface area contributed by atoms with E-state index in [1.165, 1.54) is 0 Å². The van der Waals surface area contributed by atoms with Gasteiger partial charge in [-0.25, -0.2) is 0 Å². The van der Waals surface area contributed by atoms with Gasteiger partial charge in [-0.05, 0) is 44.4 Å². The number of carbonyl (C=O) groups is 1. The maximum atomic E-state index is 11.8. The number of rotatable bonds is 0. The van der Waals surface area contributed by atoms with Gasteiger partial charge in [-0.15, -0.1) is 0 Å². The predicted molar refractivity (Wildman–Crippen MR) is 48.1 cm³/mol. The first-order chi connectivity index (χ1) is 6.09. The van der Waals surface area contributed by atoms with Crippen molar-refractivity contribution < 1.29 is 9.90 Å². The molecule has 4 rings (SSSR count).